The van der Waals surface area contributed by atoms with E-state index in [-0.39, 0.29) is 17.9 Å². The first-order valence-corrected chi connectivity index (χ1v) is 11.2. The van der Waals surface area contributed by atoms with Gasteiger partial charge < -0.3 is 24.3 Å². The maximum absolute atomic E-state index is 12.8. The fraction of sp³-hybridized carbons (Fsp3) is 0.500. The minimum Gasteiger partial charge on any atom is -0.467 e. The molecular formula is C24H31N3O4. The molecule has 2 aromatic rings. The minimum absolute atomic E-state index is 0.0263. The molecule has 7 heteroatoms. The van der Waals surface area contributed by atoms with Gasteiger partial charge in [-0.25, -0.2) is 4.79 Å². The predicted octanol–water partition coefficient (Wildman–Crippen LogP) is 3.54. The molecule has 31 heavy (non-hydrogen) atoms. The van der Waals surface area contributed by atoms with Gasteiger partial charge in [0.1, 0.15) is 12.4 Å². The number of amides is 3. The number of likely N-dealkylation sites (tertiary alicyclic amines) is 2. The van der Waals surface area contributed by atoms with Crippen LogP contribution >= 0.6 is 0 Å². The Morgan fingerprint density at radius 2 is 1.81 bits per heavy atom. The molecule has 3 heterocycles. The van der Waals surface area contributed by atoms with Crippen molar-refractivity contribution in [3.05, 3.63) is 59.5 Å². The number of piperidine rings is 1. The summed E-state index contributed by atoms with van der Waals surface area (Å²) in [6.07, 6.45) is 5.50. The number of carbonyl (C=O) groups is 2. The van der Waals surface area contributed by atoms with Crippen LogP contribution in [0.5, 0.6) is 0 Å². The summed E-state index contributed by atoms with van der Waals surface area (Å²) in [6.45, 7) is 4.34. The summed E-state index contributed by atoms with van der Waals surface area (Å²) in [7, 11) is 0. The summed E-state index contributed by atoms with van der Waals surface area (Å²) in [5.41, 5.74) is 2.09. The van der Waals surface area contributed by atoms with Crippen molar-refractivity contribution in [2.75, 3.05) is 26.2 Å². The van der Waals surface area contributed by atoms with E-state index in [1.165, 1.54) is 0 Å². The second-order valence-corrected chi connectivity index (χ2v) is 8.37. The molecule has 2 aliphatic heterocycles. The number of benzene rings is 1. The Balaban J connectivity index is 1.23. The second-order valence-electron chi connectivity index (χ2n) is 8.37. The van der Waals surface area contributed by atoms with E-state index in [0.29, 0.717) is 26.3 Å². The van der Waals surface area contributed by atoms with E-state index >= 15 is 0 Å². The number of urea groups is 1. The lowest BCUT2D eigenvalue weighted by Gasteiger charge is -2.34. The van der Waals surface area contributed by atoms with Crippen molar-refractivity contribution < 1.29 is 18.7 Å². The van der Waals surface area contributed by atoms with Crippen LogP contribution in [0.2, 0.25) is 0 Å². The summed E-state index contributed by atoms with van der Waals surface area (Å²) < 4.78 is 11.0. The van der Waals surface area contributed by atoms with Crippen molar-refractivity contribution >= 4 is 11.9 Å². The highest BCUT2D eigenvalue weighted by atomic mass is 16.5. The van der Waals surface area contributed by atoms with Crippen molar-refractivity contribution in [2.24, 2.45) is 5.92 Å². The Morgan fingerprint density at radius 3 is 2.61 bits per heavy atom. The van der Waals surface area contributed by atoms with E-state index in [9.17, 15) is 9.59 Å². The van der Waals surface area contributed by atoms with Gasteiger partial charge in [0.15, 0.2) is 0 Å². The van der Waals surface area contributed by atoms with Gasteiger partial charge in [0.2, 0.25) is 5.91 Å². The largest absolute Gasteiger partial charge is 0.467 e. The van der Waals surface area contributed by atoms with Gasteiger partial charge >= 0.3 is 6.03 Å². The number of hydrogen-bond donors (Lipinski definition) is 1. The highest BCUT2D eigenvalue weighted by Gasteiger charge is 2.31. The second kappa shape index (κ2) is 10.5. The zero-order valence-corrected chi connectivity index (χ0v) is 17.9. The van der Waals surface area contributed by atoms with Crippen molar-refractivity contribution in [1.29, 1.82) is 0 Å². The van der Waals surface area contributed by atoms with E-state index in [1.807, 2.05) is 46.2 Å². The number of furan rings is 1. The quantitative estimate of drug-likeness (QED) is 0.736. The van der Waals surface area contributed by atoms with Crippen LogP contribution in [0, 0.1) is 5.92 Å². The monoisotopic (exact) mass is 425 g/mol. The highest BCUT2D eigenvalue weighted by molar-refractivity contribution is 5.81. The molecule has 7 nitrogen and oxygen atoms in total. The lowest BCUT2D eigenvalue weighted by Crippen LogP contribution is -2.49. The first-order chi connectivity index (χ1) is 15.2. The molecule has 2 fully saturated rings. The van der Waals surface area contributed by atoms with Gasteiger partial charge in [-0.05, 0) is 48.9 Å². The van der Waals surface area contributed by atoms with Crippen LogP contribution in [0.3, 0.4) is 0 Å². The Morgan fingerprint density at radius 1 is 1.00 bits per heavy atom. The molecule has 0 unspecified atom stereocenters. The van der Waals surface area contributed by atoms with E-state index in [4.69, 9.17) is 9.15 Å². The molecule has 0 aliphatic carbocycles. The summed E-state index contributed by atoms with van der Waals surface area (Å²) in [5, 5.41) is 3.06. The Kier molecular flexibility index (Phi) is 7.25. The van der Waals surface area contributed by atoms with E-state index in [2.05, 4.69) is 5.32 Å². The number of hydrogen-bond acceptors (Lipinski definition) is 4. The maximum Gasteiger partial charge on any atom is 0.320 e. The van der Waals surface area contributed by atoms with Crippen molar-refractivity contribution in [3.63, 3.8) is 0 Å². The van der Waals surface area contributed by atoms with Crippen LogP contribution in [-0.2, 0) is 29.3 Å². The highest BCUT2D eigenvalue weighted by Crippen LogP contribution is 2.20. The van der Waals surface area contributed by atoms with Gasteiger partial charge in [0.25, 0.3) is 0 Å². The fourth-order valence-electron chi connectivity index (χ4n) is 4.30. The summed E-state index contributed by atoms with van der Waals surface area (Å²) in [5.74, 6) is 0.687. The third-order valence-corrected chi connectivity index (χ3v) is 5.99. The van der Waals surface area contributed by atoms with Crippen LogP contribution in [0.25, 0.3) is 0 Å². The topological polar surface area (TPSA) is 75.0 Å². The molecule has 0 spiro atoms. The Hall–Kier alpha value is -2.80. The van der Waals surface area contributed by atoms with Crippen LogP contribution in [-0.4, -0.2) is 47.9 Å². The smallest absolute Gasteiger partial charge is 0.320 e. The van der Waals surface area contributed by atoms with Crippen LogP contribution in [0.1, 0.15) is 42.6 Å². The molecule has 1 N–H and O–H groups in total. The third kappa shape index (κ3) is 5.88. The van der Waals surface area contributed by atoms with Gasteiger partial charge in [0, 0.05) is 32.7 Å². The van der Waals surface area contributed by atoms with Gasteiger partial charge in [-0.2, -0.15) is 0 Å². The molecule has 0 radical (unpaired) electrons. The minimum atomic E-state index is -0.139. The lowest BCUT2D eigenvalue weighted by atomic mass is 9.97. The number of rotatable bonds is 7. The van der Waals surface area contributed by atoms with E-state index in [0.717, 1.165) is 62.2 Å². The van der Waals surface area contributed by atoms with Crippen LogP contribution in [0.4, 0.5) is 4.79 Å². The SMILES string of the molecule is O=C(NCc1cccc(COCc2ccco2)c1)[C@@H]1CCCN(C(=O)N2CCCC2)C1. The number of ether oxygens (including phenoxy) is 1. The molecule has 1 aromatic heterocycles. The van der Waals surface area contributed by atoms with Crippen LogP contribution in [0.15, 0.2) is 47.1 Å². The molecule has 2 saturated heterocycles. The first-order valence-electron chi connectivity index (χ1n) is 11.2. The van der Waals surface area contributed by atoms with Crippen LogP contribution < -0.4 is 5.32 Å². The average Bonchev–Trinajstić information content (AvgIpc) is 3.52. The molecule has 1 aromatic carbocycles. The van der Waals surface area contributed by atoms with Gasteiger partial charge in [-0.1, -0.05) is 24.3 Å². The third-order valence-electron chi connectivity index (χ3n) is 5.99. The number of carbonyl (C=O) groups excluding carboxylic acids is 2. The zero-order valence-electron chi connectivity index (χ0n) is 17.9. The van der Waals surface area contributed by atoms with E-state index < -0.39 is 0 Å². The summed E-state index contributed by atoms with van der Waals surface area (Å²) >= 11 is 0. The Bertz CT molecular complexity index is 861. The molecule has 3 amide bonds. The van der Waals surface area contributed by atoms with Gasteiger partial charge in [0.05, 0.1) is 18.8 Å². The van der Waals surface area contributed by atoms with Crippen molar-refractivity contribution in [3.8, 4) is 0 Å². The fourth-order valence-corrected chi connectivity index (χ4v) is 4.30. The van der Waals surface area contributed by atoms with Crippen molar-refractivity contribution in [1.82, 2.24) is 15.1 Å². The molecule has 0 saturated carbocycles. The van der Waals surface area contributed by atoms with Crippen molar-refractivity contribution in [2.45, 2.75) is 45.4 Å². The summed E-state index contributed by atoms with van der Waals surface area (Å²) in [4.78, 5) is 29.2. The van der Waals surface area contributed by atoms with Gasteiger partial charge in [-0.3, -0.25) is 4.79 Å². The molecule has 1 atom stereocenters. The zero-order chi connectivity index (χ0) is 21.5. The molecule has 0 bridgehead atoms. The average molecular weight is 426 g/mol. The lowest BCUT2D eigenvalue weighted by molar-refractivity contribution is -0.126. The normalized spacial score (nSPS) is 18.9. The van der Waals surface area contributed by atoms with E-state index in [1.54, 1.807) is 6.26 Å². The molecule has 4 rings (SSSR count). The molecular weight excluding hydrogens is 394 g/mol. The summed E-state index contributed by atoms with van der Waals surface area (Å²) in [6, 6.07) is 11.9. The predicted molar refractivity (Wildman–Crippen MR) is 116 cm³/mol. The standard InChI is InChI=1S/C24H31N3O4/c28-23(21-8-4-12-27(16-21)24(29)26-10-1-2-11-26)25-15-19-6-3-7-20(14-19)17-30-18-22-9-5-13-31-22/h3,5-7,9,13-14,21H,1-2,4,8,10-12,15-18H2,(H,25,28)/t21-/m1/s1. The molecule has 2 aliphatic rings. The molecule has 166 valence electrons. The maximum atomic E-state index is 12.8. The Labute approximate surface area is 183 Å². The first kappa shape index (κ1) is 21.4. The van der Waals surface area contributed by atoms with Gasteiger partial charge in [-0.15, -0.1) is 0 Å². The number of nitrogens with zero attached hydrogens (tertiary/aromatic N) is 2. The number of nitrogens with one attached hydrogen (secondary N) is 1.